The average Bonchev–Trinajstić information content (AvgIpc) is 2.50. The molecule has 1 aromatic carbocycles. The van der Waals surface area contributed by atoms with Gasteiger partial charge >= 0.3 is 5.97 Å². The molecule has 1 fully saturated rings. The predicted molar refractivity (Wildman–Crippen MR) is 87.5 cm³/mol. The van der Waals surface area contributed by atoms with Crippen LogP contribution in [0.2, 0.25) is 0 Å². The number of benzene rings is 1. The van der Waals surface area contributed by atoms with Crippen LogP contribution in [0.4, 0.5) is 0 Å². The number of amides is 1. The second kappa shape index (κ2) is 7.49. The maximum atomic E-state index is 12.3. The Morgan fingerprint density at radius 2 is 2.04 bits per heavy atom. The van der Waals surface area contributed by atoms with Crippen molar-refractivity contribution in [2.24, 2.45) is 11.8 Å². The highest BCUT2D eigenvalue weighted by Gasteiger charge is 2.31. The van der Waals surface area contributed by atoms with E-state index in [4.69, 9.17) is 4.74 Å². The zero-order valence-corrected chi connectivity index (χ0v) is 14.0. The van der Waals surface area contributed by atoms with Crippen molar-refractivity contribution in [2.45, 2.75) is 33.6 Å². The zero-order chi connectivity index (χ0) is 17.0. The molecule has 0 aliphatic carbocycles. The van der Waals surface area contributed by atoms with Crippen molar-refractivity contribution >= 4 is 11.9 Å². The van der Waals surface area contributed by atoms with Gasteiger partial charge in [0.1, 0.15) is 5.75 Å². The van der Waals surface area contributed by atoms with Crippen LogP contribution < -0.4 is 4.74 Å². The normalized spacial score (nSPS) is 21.1. The molecule has 5 nitrogen and oxygen atoms in total. The third-order valence-electron chi connectivity index (χ3n) is 4.28. The van der Waals surface area contributed by atoms with Crippen molar-refractivity contribution in [1.29, 1.82) is 0 Å². The first kappa shape index (κ1) is 17.3. The van der Waals surface area contributed by atoms with Crippen molar-refractivity contribution in [3.05, 3.63) is 29.3 Å². The molecular weight excluding hydrogens is 294 g/mol. The van der Waals surface area contributed by atoms with Crippen molar-refractivity contribution in [2.75, 3.05) is 19.7 Å². The number of hydrogen-bond donors (Lipinski definition) is 1. The maximum absolute atomic E-state index is 12.3. The van der Waals surface area contributed by atoms with Crippen LogP contribution in [0.25, 0.3) is 0 Å². The Kier molecular flexibility index (Phi) is 5.64. The second-order valence-corrected chi connectivity index (χ2v) is 6.54. The Bertz CT molecular complexity index is 584. The summed E-state index contributed by atoms with van der Waals surface area (Å²) in [5.41, 5.74) is 2.16. The van der Waals surface area contributed by atoms with E-state index in [1.165, 1.54) is 0 Å². The number of aryl methyl sites for hydroxylation is 2. The van der Waals surface area contributed by atoms with E-state index in [-0.39, 0.29) is 18.2 Å². The Labute approximate surface area is 137 Å². The van der Waals surface area contributed by atoms with Gasteiger partial charge in [0.05, 0.1) is 18.9 Å². The molecule has 0 aromatic heterocycles. The number of ether oxygens (including phenoxy) is 1. The molecule has 2 unspecified atom stereocenters. The summed E-state index contributed by atoms with van der Waals surface area (Å²) in [5, 5.41) is 9.17. The Hall–Kier alpha value is -2.04. The van der Waals surface area contributed by atoms with E-state index in [0.29, 0.717) is 26.1 Å². The summed E-state index contributed by atoms with van der Waals surface area (Å²) in [7, 11) is 0. The topological polar surface area (TPSA) is 66.8 Å². The van der Waals surface area contributed by atoms with E-state index in [9.17, 15) is 14.7 Å². The molecule has 23 heavy (non-hydrogen) atoms. The van der Waals surface area contributed by atoms with Gasteiger partial charge in [-0.2, -0.15) is 0 Å². The van der Waals surface area contributed by atoms with Gasteiger partial charge in [-0.3, -0.25) is 9.59 Å². The van der Waals surface area contributed by atoms with E-state index < -0.39 is 11.9 Å². The van der Waals surface area contributed by atoms with Crippen molar-refractivity contribution in [3.8, 4) is 5.75 Å². The fraction of sp³-hybridized carbons (Fsp3) is 0.556. The lowest BCUT2D eigenvalue weighted by molar-refractivity contribution is -0.147. The predicted octanol–water partition coefficient (Wildman–Crippen LogP) is 2.64. The summed E-state index contributed by atoms with van der Waals surface area (Å²) >= 11 is 0. The van der Waals surface area contributed by atoms with Crippen molar-refractivity contribution < 1.29 is 19.4 Å². The lowest BCUT2D eigenvalue weighted by Crippen LogP contribution is -2.45. The molecule has 2 atom stereocenters. The summed E-state index contributed by atoms with van der Waals surface area (Å²) in [4.78, 5) is 25.1. The number of carbonyl (C=O) groups is 2. The SMILES string of the molecule is Cc1ccc(C)c(OCCC(=O)N2CC(C)CC(C(=O)O)C2)c1. The monoisotopic (exact) mass is 319 g/mol. The van der Waals surface area contributed by atoms with Crippen LogP contribution in [0.5, 0.6) is 5.75 Å². The van der Waals surface area contributed by atoms with Crippen LogP contribution in [0.1, 0.15) is 30.9 Å². The number of rotatable bonds is 5. The van der Waals surface area contributed by atoms with E-state index >= 15 is 0 Å². The van der Waals surface area contributed by atoms with Crippen LogP contribution in [0.3, 0.4) is 0 Å². The molecule has 1 N–H and O–H groups in total. The minimum atomic E-state index is -0.819. The molecule has 126 valence electrons. The van der Waals surface area contributed by atoms with Crippen LogP contribution in [0, 0.1) is 25.7 Å². The molecule has 2 rings (SSSR count). The molecule has 1 amide bonds. The van der Waals surface area contributed by atoms with E-state index in [1.807, 2.05) is 39.0 Å². The first-order valence-electron chi connectivity index (χ1n) is 8.07. The number of piperidine rings is 1. The summed E-state index contributed by atoms with van der Waals surface area (Å²) in [6.45, 7) is 7.21. The lowest BCUT2D eigenvalue weighted by atomic mass is 9.90. The highest BCUT2D eigenvalue weighted by atomic mass is 16.5. The molecule has 1 aliphatic rings. The average molecular weight is 319 g/mol. The van der Waals surface area contributed by atoms with Gasteiger partial charge in [-0.25, -0.2) is 0 Å². The molecule has 1 aliphatic heterocycles. The van der Waals surface area contributed by atoms with Gasteiger partial charge in [0.2, 0.25) is 5.91 Å². The highest BCUT2D eigenvalue weighted by molar-refractivity contribution is 5.78. The number of hydrogen-bond acceptors (Lipinski definition) is 3. The van der Waals surface area contributed by atoms with Gasteiger partial charge in [0, 0.05) is 13.1 Å². The summed E-state index contributed by atoms with van der Waals surface area (Å²) in [6.07, 6.45) is 0.907. The minimum Gasteiger partial charge on any atom is -0.493 e. The van der Waals surface area contributed by atoms with Gasteiger partial charge in [-0.15, -0.1) is 0 Å². The van der Waals surface area contributed by atoms with Gasteiger partial charge in [0.15, 0.2) is 0 Å². The van der Waals surface area contributed by atoms with Crippen LogP contribution in [0.15, 0.2) is 18.2 Å². The number of nitrogens with zero attached hydrogens (tertiary/aromatic N) is 1. The van der Waals surface area contributed by atoms with E-state index in [2.05, 4.69) is 0 Å². The Morgan fingerprint density at radius 1 is 1.30 bits per heavy atom. The van der Waals surface area contributed by atoms with Crippen molar-refractivity contribution in [1.82, 2.24) is 4.90 Å². The molecule has 1 heterocycles. The smallest absolute Gasteiger partial charge is 0.308 e. The first-order chi connectivity index (χ1) is 10.9. The lowest BCUT2D eigenvalue weighted by Gasteiger charge is -2.34. The number of aliphatic carboxylic acids is 1. The molecular formula is C18H25NO4. The number of carboxylic acid groups (broad SMARTS) is 1. The van der Waals surface area contributed by atoms with Gasteiger partial charge in [-0.05, 0) is 43.4 Å². The first-order valence-corrected chi connectivity index (χ1v) is 8.07. The molecule has 1 aromatic rings. The van der Waals surface area contributed by atoms with Crippen LogP contribution in [-0.2, 0) is 9.59 Å². The molecule has 0 saturated carbocycles. The molecule has 0 spiro atoms. The fourth-order valence-corrected chi connectivity index (χ4v) is 3.00. The number of carbonyl (C=O) groups excluding carboxylic acids is 1. The Morgan fingerprint density at radius 3 is 2.74 bits per heavy atom. The summed E-state index contributed by atoms with van der Waals surface area (Å²) in [6, 6.07) is 5.98. The standard InChI is InChI=1S/C18H25NO4/c1-12-4-5-14(3)16(9-12)23-7-6-17(20)19-10-13(2)8-15(11-19)18(21)22/h4-5,9,13,15H,6-8,10-11H2,1-3H3,(H,21,22). The van der Waals surface area contributed by atoms with Gasteiger partial charge in [-0.1, -0.05) is 19.1 Å². The van der Waals surface area contributed by atoms with Gasteiger partial charge in [0.25, 0.3) is 0 Å². The summed E-state index contributed by atoms with van der Waals surface area (Å²) < 4.78 is 5.72. The molecule has 0 bridgehead atoms. The quantitative estimate of drug-likeness (QED) is 0.906. The fourth-order valence-electron chi connectivity index (χ4n) is 3.00. The highest BCUT2D eigenvalue weighted by Crippen LogP contribution is 2.23. The van der Waals surface area contributed by atoms with Crippen LogP contribution in [-0.4, -0.2) is 41.6 Å². The Balaban J connectivity index is 1.86. The summed E-state index contributed by atoms with van der Waals surface area (Å²) in [5.74, 6) is -0.293. The van der Waals surface area contributed by atoms with Crippen molar-refractivity contribution in [3.63, 3.8) is 0 Å². The van der Waals surface area contributed by atoms with Crippen LogP contribution >= 0.6 is 0 Å². The number of carboxylic acids is 1. The minimum absolute atomic E-state index is 0.0342. The maximum Gasteiger partial charge on any atom is 0.308 e. The third kappa shape index (κ3) is 4.71. The zero-order valence-electron chi connectivity index (χ0n) is 14.0. The third-order valence-corrected chi connectivity index (χ3v) is 4.28. The van der Waals surface area contributed by atoms with E-state index in [1.54, 1.807) is 4.90 Å². The number of likely N-dealkylation sites (tertiary alicyclic amines) is 1. The largest absolute Gasteiger partial charge is 0.493 e. The molecule has 1 saturated heterocycles. The molecule has 5 heteroatoms. The van der Waals surface area contributed by atoms with Gasteiger partial charge < -0.3 is 14.7 Å². The second-order valence-electron chi connectivity index (χ2n) is 6.54. The molecule has 0 radical (unpaired) electrons. The van der Waals surface area contributed by atoms with E-state index in [0.717, 1.165) is 16.9 Å².